The second-order valence-electron chi connectivity index (χ2n) is 7.67. The molecule has 7 heteroatoms. The van der Waals surface area contributed by atoms with Crippen LogP contribution in [0.2, 0.25) is 0 Å². The van der Waals surface area contributed by atoms with Crippen molar-refractivity contribution >= 4 is 5.71 Å². The first-order valence-electron chi connectivity index (χ1n) is 10.6. The van der Waals surface area contributed by atoms with Gasteiger partial charge < -0.3 is 9.57 Å². The van der Waals surface area contributed by atoms with Crippen LogP contribution in [0.15, 0.2) is 41.7 Å². The van der Waals surface area contributed by atoms with Crippen molar-refractivity contribution in [1.29, 1.82) is 0 Å². The number of hydrogen-bond acceptors (Lipinski definition) is 7. The fourth-order valence-electron chi connectivity index (χ4n) is 3.67. The molecule has 31 heavy (non-hydrogen) atoms. The van der Waals surface area contributed by atoms with E-state index in [1.165, 1.54) is 0 Å². The Hall–Kier alpha value is -3.35. The predicted molar refractivity (Wildman–Crippen MR) is 119 cm³/mol. The molecule has 0 spiro atoms. The molecule has 0 atom stereocenters. The number of pyridine rings is 2. The van der Waals surface area contributed by atoms with Crippen LogP contribution in [0.1, 0.15) is 47.7 Å². The normalized spacial score (nSPS) is 14.4. The van der Waals surface area contributed by atoms with Crippen LogP contribution in [-0.4, -0.2) is 39.4 Å². The van der Waals surface area contributed by atoms with Crippen LogP contribution < -0.4 is 4.74 Å². The molecule has 0 aromatic carbocycles. The maximum atomic E-state index is 5.62. The first kappa shape index (κ1) is 20.9. The Morgan fingerprint density at radius 3 is 2.81 bits per heavy atom. The van der Waals surface area contributed by atoms with E-state index in [9.17, 15) is 0 Å². The summed E-state index contributed by atoms with van der Waals surface area (Å²) in [4.78, 5) is 23.8. The first-order chi connectivity index (χ1) is 15.1. The molecule has 4 rings (SSSR count). The van der Waals surface area contributed by atoms with Gasteiger partial charge >= 0.3 is 0 Å². The summed E-state index contributed by atoms with van der Waals surface area (Å²) >= 11 is 0. The number of hydrogen-bond donors (Lipinski definition) is 0. The number of oxime groups is 1. The third-order valence-electron chi connectivity index (χ3n) is 5.19. The minimum atomic E-state index is 0.533. The lowest BCUT2D eigenvalue weighted by Gasteiger charge is -2.16. The third kappa shape index (κ3) is 5.23. The van der Waals surface area contributed by atoms with Crippen molar-refractivity contribution in [2.24, 2.45) is 5.16 Å². The van der Waals surface area contributed by atoms with Gasteiger partial charge in [-0.3, -0.25) is 9.97 Å². The number of aryl methyl sites for hydroxylation is 4. The van der Waals surface area contributed by atoms with Gasteiger partial charge in [0.25, 0.3) is 0 Å². The minimum absolute atomic E-state index is 0.533. The zero-order valence-corrected chi connectivity index (χ0v) is 18.3. The smallest absolute Gasteiger partial charge is 0.125 e. The molecule has 3 aromatic rings. The summed E-state index contributed by atoms with van der Waals surface area (Å²) in [6.45, 7) is 4.38. The molecule has 0 aliphatic heterocycles. The summed E-state index contributed by atoms with van der Waals surface area (Å²) in [5.74, 6) is 1.55. The van der Waals surface area contributed by atoms with Crippen LogP contribution in [0.25, 0.3) is 11.4 Å². The van der Waals surface area contributed by atoms with E-state index in [0.29, 0.717) is 6.61 Å². The van der Waals surface area contributed by atoms with E-state index in [0.717, 1.165) is 83.4 Å². The molecule has 3 aromatic heterocycles. The van der Waals surface area contributed by atoms with E-state index >= 15 is 0 Å². The van der Waals surface area contributed by atoms with E-state index in [1.807, 2.05) is 50.4 Å². The van der Waals surface area contributed by atoms with E-state index < -0.39 is 0 Å². The number of fused-ring (bicyclic) bond motifs is 1. The first-order valence-corrected chi connectivity index (χ1v) is 10.6. The van der Waals surface area contributed by atoms with Crippen LogP contribution in [0.4, 0.5) is 0 Å². The molecule has 160 valence electrons. The standard InChI is InChI=1S/C24H27N5O2/c1-16-13-20(30-3)14-23(26-16)21-10-5-8-19(28-21)9-6-12-31-29-22-11-4-7-18-15-25-17(2)27-24(18)22/h5,8,10,13-15H,4,6-7,9,11-12H2,1-3H3. The zero-order valence-electron chi connectivity index (χ0n) is 18.3. The van der Waals surface area contributed by atoms with Crippen molar-refractivity contribution in [3.8, 4) is 17.1 Å². The summed E-state index contributed by atoms with van der Waals surface area (Å²) in [6.07, 6.45) is 6.48. The quantitative estimate of drug-likeness (QED) is 0.422. The largest absolute Gasteiger partial charge is 0.497 e. The Labute approximate surface area is 182 Å². The maximum Gasteiger partial charge on any atom is 0.125 e. The highest BCUT2D eigenvalue weighted by molar-refractivity contribution is 6.00. The fourth-order valence-corrected chi connectivity index (χ4v) is 3.67. The van der Waals surface area contributed by atoms with Crippen LogP contribution in [-0.2, 0) is 17.7 Å². The molecular weight excluding hydrogens is 390 g/mol. The lowest BCUT2D eigenvalue weighted by atomic mass is 9.96. The van der Waals surface area contributed by atoms with E-state index in [1.54, 1.807) is 7.11 Å². The Balaban J connectivity index is 1.35. The van der Waals surface area contributed by atoms with Crippen molar-refractivity contribution in [1.82, 2.24) is 19.9 Å². The van der Waals surface area contributed by atoms with Gasteiger partial charge in [-0.2, -0.15) is 0 Å². The molecule has 1 aliphatic rings. The molecular formula is C24H27N5O2. The summed E-state index contributed by atoms with van der Waals surface area (Å²) in [6, 6.07) is 9.82. The van der Waals surface area contributed by atoms with Crippen LogP contribution in [0, 0.1) is 13.8 Å². The van der Waals surface area contributed by atoms with Gasteiger partial charge in [0.2, 0.25) is 0 Å². The Kier molecular flexibility index (Phi) is 6.50. The van der Waals surface area contributed by atoms with Gasteiger partial charge in [0, 0.05) is 29.7 Å². The summed E-state index contributed by atoms with van der Waals surface area (Å²) in [5, 5.41) is 4.37. The van der Waals surface area contributed by atoms with Crippen molar-refractivity contribution in [2.75, 3.05) is 13.7 Å². The zero-order chi connectivity index (χ0) is 21.6. The molecule has 0 radical (unpaired) electrons. The number of ether oxygens (including phenoxy) is 1. The molecule has 0 saturated heterocycles. The van der Waals surface area contributed by atoms with Gasteiger partial charge in [0.15, 0.2) is 0 Å². The van der Waals surface area contributed by atoms with Gasteiger partial charge in [-0.15, -0.1) is 0 Å². The summed E-state index contributed by atoms with van der Waals surface area (Å²) in [5.41, 5.74) is 6.58. The van der Waals surface area contributed by atoms with Gasteiger partial charge in [-0.25, -0.2) is 9.97 Å². The lowest BCUT2D eigenvalue weighted by molar-refractivity contribution is 0.141. The van der Waals surface area contributed by atoms with Crippen LogP contribution in [0.5, 0.6) is 5.75 Å². The highest BCUT2D eigenvalue weighted by Crippen LogP contribution is 2.22. The second-order valence-corrected chi connectivity index (χ2v) is 7.67. The fraction of sp³-hybridized carbons (Fsp3) is 0.375. The summed E-state index contributed by atoms with van der Waals surface area (Å²) in [7, 11) is 1.66. The lowest BCUT2D eigenvalue weighted by Crippen LogP contribution is -2.16. The Morgan fingerprint density at radius 1 is 1.03 bits per heavy atom. The van der Waals surface area contributed by atoms with Gasteiger partial charge in [0.1, 0.15) is 23.9 Å². The Morgan fingerprint density at radius 2 is 1.94 bits per heavy atom. The van der Waals surface area contributed by atoms with Gasteiger partial charge in [0.05, 0.1) is 24.2 Å². The van der Waals surface area contributed by atoms with Crippen molar-refractivity contribution in [3.63, 3.8) is 0 Å². The molecule has 0 unspecified atom stereocenters. The monoisotopic (exact) mass is 417 g/mol. The highest BCUT2D eigenvalue weighted by atomic mass is 16.6. The summed E-state index contributed by atoms with van der Waals surface area (Å²) < 4.78 is 5.35. The van der Waals surface area contributed by atoms with Crippen molar-refractivity contribution in [3.05, 3.63) is 65.0 Å². The van der Waals surface area contributed by atoms with Crippen LogP contribution >= 0.6 is 0 Å². The molecule has 7 nitrogen and oxygen atoms in total. The molecule has 3 heterocycles. The third-order valence-corrected chi connectivity index (χ3v) is 5.19. The molecule has 0 N–H and O–H groups in total. The number of nitrogens with zero attached hydrogens (tertiary/aromatic N) is 5. The van der Waals surface area contributed by atoms with Gasteiger partial charge in [-0.05, 0) is 63.6 Å². The average Bonchev–Trinajstić information content (AvgIpc) is 2.79. The van der Waals surface area contributed by atoms with Crippen LogP contribution in [0.3, 0.4) is 0 Å². The molecule has 0 fully saturated rings. The predicted octanol–water partition coefficient (Wildman–Crippen LogP) is 4.25. The maximum absolute atomic E-state index is 5.62. The van der Waals surface area contributed by atoms with E-state index in [4.69, 9.17) is 14.6 Å². The molecule has 0 amide bonds. The van der Waals surface area contributed by atoms with E-state index in [2.05, 4.69) is 20.1 Å². The number of methoxy groups -OCH3 is 1. The highest BCUT2D eigenvalue weighted by Gasteiger charge is 2.18. The molecule has 1 aliphatic carbocycles. The van der Waals surface area contributed by atoms with Crippen molar-refractivity contribution < 1.29 is 9.57 Å². The number of rotatable bonds is 7. The SMILES string of the molecule is COc1cc(C)nc(-c2cccc(CCCON=C3CCCc4cnc(C)nc43)n2)c1. The minimum Gasteiger partial charge on any atom is -0.497 e. The topological polar surface area (TPSA) is 82.4 Å². The van der Waals surface area contributed by atoms with E-state index in [-0.39, 0.29) is 0 Å². The van der Waals surface area contributed by atoms with Gasteiger partial charge in [-0.1, -0.05) is 11.2 Å². The molecule has 0 bridgehead atoms. The number of aromatic nitrogens is 4. The molecule has 0 saturated carbocycles. The Bertz CT molecular complexity index is 1100. The van der Waals surface area contributed by atoms with Crippen molar-refractivity contribution in [2.45, 2.75) is 46.0 Å². The second kappa shape index (κ2) is 9.64. The average molecular weight is 418 g/mol.